The number of nitrogens with one attached hydrogen (secondary N) is 1. The van der Waals surface area contributed by atoms with Gasteiger partial charge in [0, 0.05) is 0 Å². The molecule has 102 valence electrons. The smallest absolute Gasteiger partial charge is 0.119 e. The van der Waals surface area contributed by atoms with Gasteiger partial charge in [-0.1, -0.05) is 12.1 Å². The predicted octanol–water partition coefficient (Wildman–Crippen LogP) is 2.05. The fourth-order valence-electron chi connectivity index (χ4n) is 1.31. The molecular formula is C14H23NO3. The molecule has 1 unspecified atom stereocenters. The van der Waals surface area contributed by atoms with Crippen molar-refractivity contribution >= 4 is 0 Å². The van der Waals surface area contributed by atoms with E-state index in [4.69, 9.17) is 9.57 Å². The first kappa shape index (κ1) is 15.0. The zero-order valence-corrected chi connectivity index (χ0v) is 11.6. The molecule has 0 fully saturated rings. The summed E-state index contributed by atoms with van der Waals surface area (Å²) < 4.78 is 5.49. The lowest BCUT2D eigenvalue weighted by Crippen LogP contribution is -2.36. The minimum Gasteiger partial charge on any atom is -0.491 e. The third-order valence-corrected chi connectivity index (χ3v) is 2.13. The Kier molecular flexibility index (Phi) is 5.59. The number of hydrogen-bond acceptors (Lipinski definition) is 4. The van der Waals surface area contributed by atoms with Crippen LogP contribution in [0, 0.1) is 6.92 Å². The van der Waals surface area contributed by atoms with Gasteiger partial charge in [-0.3, -0.25) is 4.84 Å². The Hall–Kier alpha value is -1.10. The Bertz CT molecular complexity index is 360. The van der Waals surface area contributed by atoms with Crippen molar-refractivity contribution in [3.05, 3.63) is 29.8 Å². The Morgan fingerprint density at radius 3 is 2.67 bits per heavy atom. The molecule has 0 bridgehead atoms. The Morgan fingerprint density at radius 1 is 1.33 bits per heavy atom. The van der Waals surface area contributed by atoms with E-state index in [0.29, 0.717) is 6.54 Å². The maximum Gasteiger partial charge on any atom is 0.119 e. The van der Waals surface area contributed by atoms with Crippen LogP contribution in [-0.2, 0) is 4.84 Å². The number of benzene rings is 1. The van der Waals surface area contributed by atoms with Crippen LogP contribution in [-0.4, -0.2) is 30.0 Å². The average molecular weight is 253 g/mol. The van der Waals surface area contributed by atoms with Gasteiger partial charge in [0.25, 0.3) is 0 Å². The van der Waals surface area contributed by atoms with E-state index in [1.807, 2.05) is 52.0 Å². The normalized spacial score (nSPS) is 13.4. The van der Waals surface area contributed by atoms with Crippen molar-refractivity contribution in [1.29, 1.82) is 0 Å². The van der Waals surface area contributed by atoms with Crippen LogP contribution in [0.4, 0.5) is 0 Å². The van der Waals surface area contributed by atoms with Crippen LogP contribution < -0.4 is 10.2 Å². The maximum absolute atomic E-state index is 9.71. The molecule has 1 aromatic rings. The van der Waals surface area contributed by atoms with Gasteiger partial charge in [-0.05, 0) is 45.4 Å². The van der Waals surface area contributed by atoms with Gasteiger partial charge >= 0.3 is 0 Å². The van der Waals surface area contributed by atoms with E-state index in [1.165, 1.54) is 0 Å². The summed E-state index contributed by atoms with van der Waals surface area (Å²) >= 11 is 0. The van der Waals surface area contributed by atoms with E-state index < -0.39 is 6.10 Å². The van der Waals surface area contributed by atoms with Crippen LogP contribution in [0.3, 0.4) is 0 Å². The van der Waals surface area contributed by atoms with Gasteiger partial charge in [-0.25, -0.2) is 0 Å². The van der Waals surface area contributed by atoms with Gasteiger partial charge in [-0.15, -0.1) is 0 Å². The van der Waals surface area contributed by atoms with Crippen molar-refractivity contribution in [3.8, 4) is 5.75 Å². The van der Waals surface area contributed by atoms with Crippen molar-refractivity contribution in [2.24, 2.45) is 0 Å². The first-order chi connectivity index (χ1) is 8.37. The summed E-state index contributed by atoms with van der Waals surface area (Å²) in [4.78, 5) is 5.31. The lowest BCUT2D eigenvalue weighted by molar-refractivity contribution is -0.0857. The first-order valence-electron chi connectivity index (χ1n) is 6.15. The largest absolute Gasteiger partial charge is 0.491 e. The lowest BCUT2D eigenvalue weighted by atomic mass is 10.2. The number of ether oxygens (including phenoxy) is 1. The highest BCUT2D eigenvalue weighted by Gasteiger charge is 2.12. The molecule has 0 saturated carbocycles. The van der Waals surface area contributed by atoms with Crippen LogP contribution in [0.2, 0.25) is 0 Å². The van der Waals surface area contributed by atoms with Crippen LogP contribution in [0.5, 0.6) is 5.75 Å². The summed E-state index contributed by atoms with van der Waals surface area (Å²) in [5, 5.41) is 9.71. The number of rotatable bonds is 6. The quantitative estimate of drug-likeness (QED) is 0.762. The molecule has 0 heterocycles. The van der Waals surface area contributed by atoms with Crippen LogP contribution in [0.25, 0.3) is 0 Å². The van der Waals surface area contributed by atoms with Gasteiger partial charge < -0.3 is 9.84 Å². The molecule has 18 heavy (non-hydrogen) atoms. The standard InChI is InChI=1S/C14H23NO3/c1-11-6-5-7-13(8-11)17-10-12(16)9-15-18-14(2,3)4/h5-8,12,15-16H,9-10H2,1-4H3. The van der Waals surface area contributed by atoms with Crippen molar-refractivity contribution in [3.63, 3.8) is 0 Å². The molecule has 4 heteroatoms. The summed E-state index contributed by atoms with van der Waals surface area (Å²) in [7, 11) is 0. The Morgan fingerprint density at radius 2 is 2.06 bits per heavy atom. The summed E-state index contributed by atoms with van der Waals surface area (Å²) in [6.45, 7) is 8.40. The highest BCUT2D eigenvalue weighted by molar-refractivity contribution is 5.27. The maximum atomic E-state index is 9.71. The van der Waals surface area contributed by atoms with Crippen LogP contribution in [0.15, 0.2) is 24.3 Å². The molecule has 1 atom stereocenters. The van der Waals surface area contributed by atoms with E-state index >= 15 is 0 Å². The number of hydrogen-bond donors (Lipinski definition) is 2. The number of aliphatic hydroxyl groups is 1. The zero-order valence-electron chi connectivity index (χ0n) is 11.6. The molecule has 0 aliphatic heterocycles. The molecule has 0 radical (unpaired) electrons. The highest BCUT2D eigenvalue weighted by atomic mass is 16.7. The molecule has 1 aromatic carbocycles. The van der Waals surface area contributed by atoms with Gasteiger partial charge in [0.05, 0.1) is 12.1 Å². The Balaban J connectivity index is 2.23. The summed E-state index contributed by atoms with van der Waals surface area (Å²) in [5.41, 5.74) is 3.61. The fraction of sp³-hybridized carbons (Fsp3) is 0.571. The topological polar surface area (TPSA) is 50.7 Å². The number of aliphatic hydroxyl groups excluding tert-OH is 1. The molecular weight excluding hydrogens is 230 g/mol. The van der Waals surface area contributed by atoms with E-state index in [0.717, 1.165) is 11.3 Å². The number of hydroxylamine groups is 1. The van der Waals surface area contributed by atoms with Crippen molar-refractivity contribution in [2.75, 3.05) is 13.2 Å². The van der Waals surface area contributed by atoms with Gasteiger partial charge in [0.2, 0.25) is 0 Å². The van der Waals surface area contributed by atoms with Crippen LogP contribution in [0.1, 0.15) is 26.3 Å². The monoisotopic (exact) mass is 253 g/mol. The summed E-state index contributed by atoms with van der Waals surface area (Å²) in [6.07, 6.45) is -0.604. The molecule has 0 aromatic heterocycles. The van der Waals surface area contributed by atoms with Gasteiger partial charge in [-0.2, -0.15) is 5.48 Å². The van der Waals surface area contributed by atoms with E-state index in [9.17, 15) is 5.11 Å². The second kappa shape index (κ2) is 6.73. The van der Waals surface area contributed by atoms with Gasteiger partial charge in [0.15, 0.2) is 0 Å². The third-order valence-electron chi connectivity index (χ3n) is 2.13. The first-order valence-corrected chi connectivity index (χ1v) is 6.15. The van der Waals surface area contributed by atoms with E-state index in [1.54, 1.807) is 0 Å². The second-order valence-electron chi connectivity index (χ2n) is 5.34. The zero-order chi connectivity index (χ0) is 13.6. The lowest BCUT2D eigenvalue weighted by Gasteiger charge is -2.21. The van der Waals surface area contributed by atoms with E-state index in [-0.39, 0.29) is 12.2 Å². The third kappa shape index (κ3) is 6.59. The van der Waals surface area contributed by atoms with Crippen molar-refractivity contribution in [2.45, 2.75) is 39.4 Å². The molecule has 0 aliphatic rings. The molecule has 4 nitrogen and oxygen atoms in total. The summed E-state index contributed by atoms with van der Waals surface area (Å²) in [6, 6.07) is 7.74. The molecule has 0 spiro atoms. The minimum absolute atomic E-state index is 0.240. The highest BCUT2D eigenvalue weighted by Crippen LogP contribution is 2.12. The van der Waals surface area contributed by atoms with Gasteiger partial charge in [0.1, 0.15) is 18.5 Å². The molecule has 1 rings (SSSR count). The fourth-order valence-corrected chi connectivity index (χ4v) is 1.31. The second-order valence-corrected chi connectivity index (χ2v) is 5.34. The SMILES string of the molecule is Cc1cccc(OCC(O)CNOC(C)(C)C)c1. The molecule has 0 amide bonds. The van der Waals surface area contributed by atoms with E-state index in [2.05, 4.69) is 5.48 Å². The minimum atomic E-state index is -0.604. The van der Waals surface area contributed by atoms with Crippen molar-refractivity contribution in [1.82, 2.24) is 5.48 Å². The molecule has 0 saturated heterocycles. The van der Waals surface area contributed by atoms with Crippen LogP contribution >= 0.6 is 0 Å². The van der Waals surface area contributed by atoms with Crippen molar-refractivity contribution < 1.29 is 14.7 Å². The Labute approximate surface area is 109 Å². The average Bonchev–Trinajstić information content (AvgIpc) is 2.25. The molecule has 0 aliphatic carbocycles. The predicted molar refractivity (Wildman–Crippen MR) is 71.5 cm³/mol. The summed E-state index contributed by atoms with van der Waals surface area (Å²) in [5.74, 6) is 0.769. The molecule has 2 N–H and O–H groups in total. The number of aryl methyl sites for hydroxylation is 1.